The molecule has 0 aromatic carbocycles. The van der Waals surface area contributed by atoms with Crippen molar-refractivity contribution in [2.24, 2.45) is 0 Å². The Balaban J connectivity index is 1.86. The molecule has 1 aliphatic heterocycles. The molecule has 0 saturated carbocycles. The first-order valence-electron chi connectivity index (χ1n) is 8.59. The molecule has 9 heteroatoms. The number of ketones is 1. The SMILES string of the molecule is CCCN1C(=O)C(=O)N(CC(=O)c2cc(C)n(-c3cc(C)on3)c2C)C1=O. The Morgan fingerprint density at radius 1 is 1.07 bits per heavy atom. The normalized spacial score (nSPS) is 14.6. The molecule has 1 saturated heterocycles. The van der Waals surface area contributed by atoms with Crippen molar-refractivity contribution < 1.29 is 23.7 Å². The third-order valence-electron chi connectivity index (χ3n) is 4.46. The standard InChI is InChI=1S/C18H20N4O5/c1-5-6-20-16(24)17(25)21(18(20)26)9-14(23)13-7-10(2)22(12(13)4)15-8-11(3)27-19-15/h7-8H,5-6,9H2,1-4H3. The molecule has 3 rings (SSSR count). The number of aromatic nitrogens is 2. The zero-order chi connectivity index (χ0) is 19.9. The summed E-state index contributed by atoms with van der Waals surface area (Å²) in [4.78, 5) is 50.6. The van der Waals surface area contributed by atoms with Gasteiger partial charge < -0.3 is 4.52 Å². The summed E-state index contributed by atoms with van der Waals surface area (Å²) in [6.45, 7) is 6.78. The number of aryl methyl sites for hydroxylation is 2. The van der Waals surface area contributed by atoms with Crippen LogP contribution >= 0.6 is 0 Å². The molecule has 3 heterocycles. The predicted octanol–water partition coefficient (Wildman–Crippen LogP) is 1.77. The molecule has 9 nitrogen and oxygen atoms in total. The molecule has 0 radical (unpaired) electrons. The molecule has 27 heavy (non-hydrogen) atoms. The maximum absolute atomic E-state index is 12.8. The number of rotatable bonds is 6. The van der Waals surface area contributed by atoms with Gasteiger partial charge in [0, 0.05) is 29.6 Å². The second-order valence-corrected chi connectivity index (χ2v) is 6.47. The molecule has 0 bridgehead atoms. The van der Waals surface area contributed by atoms with Crippen molar-refractivity contribution in [1.82, 2.24) is 19.5 Å². The lowest BCUT2D eigenvalue weighted by Gasteiger charge is -2.14. The van der Waals surface area contributed by atoms with Gasteiger partial charge in [0.2, 0.25) is 0 Å². The number of hydrogen-bond donors (Lipinski definition) is 0. The number of carbonyl (C=O) groups excluding carboxylic acids is 4. The van der Waals surface area contributed by atoms with Crippen molar-refractivity contribution in [2.75, 3.05) is 13.1 Å². The molecule has 0 spiro atoms. The highest BCUT2D eigenvalue weighted by Crippen LogP contribution is 2.22. The van der Waals surface area contributed by atoms with Crippen molar-refractivity contribution in [3.05, 3.63) is 34.8 Å². The zero-order valence-electron chi connectivity index (χ0n) is 15.6. The predicted molar refractivity (Wildman–Crippen MR) is 93.5 cm³/mol. The van der Waals surface area contributed by atoms with E-state index in [-0.39, 0.29) is 6.54 Å². The van der Waals surface area contributed by atoms with Gasteiger partial charge in [-0.1, -0.05) is 12.1 Å². The fourth-order valence-electron chi connectivity index (χ4n) is 3.20. The Hall–Kier alpha value is -3.23. The molecular weight excluding hydrogens is 352 g/mol. The van der Waals surface area contributed by atoms with E-state index in [0.29, 0.717) is 34.2 Å². The molecule has 2 aromatic heterocycles. The molecule has 0 atom stereocenters. The molecule has 1 aliphatic rings. The maximum Gasteiger partial charge on any atom is 0.334 e. The van der Waals surface area contributed by atoms with Crippen LogP contribution in [0.3, 0.4) is 0 Å². The van der Waals surface area contributed by atoms with Gasteiger partial charge in [0.15, 0.2) is 11.6 Å². The van der Waals surface area contributed by atoms with E-state index in [0.717, 1.165) is 10.6 Å². The molecule has 0 unspecified atom stereocenters. The number of urea groups is 1. The highest BCUT2D eigenvalue weighted by Gasteiger charge is 2.44. The summed E-state index contributed by atoms with van der Waals surface area (Å²) in [5.41, 5.74) is 1.73. The summed E-state index contributed by atoms with van der Waals surface area (Å²) in [5, 5.41) is 3.95. The molecule has 2 aromatic rings. The van der Waals surface area contributed by atoms with E-state index < -0.39 is 30.2 Å². The largest absolute Gasteiger partial charge is 0.360 e. The molecule has 4 amide bonds. The van der Waals surface area contributed by atoms with Crippen LogP contribution in [0.15, 0.2) is 16.7 Å². The lowest BCUT2D eigenvalue weighted by molar-refractivity contribution is -0.143. The molecule has 142 valence electrons. The van der Waals surface area contributed by atoms with Gasteiger partial charge in [0.1, 0.15) is 5.76 Å². The van der Waals surface area contributed by atoms with E-state index >= 15 is 0 Å². The van der Waals surface area contributed by atoms with Crippen molar-refractivity contribution in [2.45, 2.75) is 34.1 Å². The number of Topliss-reactive ketones (excluding diaryl/α,β-unsaturated/α-hetero) is 1. The summed E-state index contributed by atoms with van der Waals surface area (Å²) >= 11 is 0. The summed E-state index contributed by atoms with van der Waals surface area (Å²) in [7, 11) is 0. The topological polar surface area (TPSA) is 106 Å². The van der Waals surface area contributed by atoms with E-state index in [1.54, 1.807) is 37.5 Å². The first-order chi connectivity index (χ1) is 12.8. The van der Waals surface area contributed by atoms with Crippen molar-refractivity contribution in [3.8, 4) is 5.82 Å². The summed E-state index contributed by atoms with van der Waals surface area (Å²) in [6.07, 6.45) is 0.533. The minimum Gasteiger partial charge on any atom is -0.360 e. The highest BCUT2D eigenvalue weighted by molar-refractivity contribution is 6.45. The van der Waals surface area contributed by atoms with Crippen LogP contribution in [-0.4, -0.2) is 56.2 Å². The van der Waals surface area contributed by atoms with Gasteiger partial charge >= 0.3 is 17.8 Å². The number of hydrogen-bond acceptors (Lipinski definition) is 6. The Labute approximate surface area is 155 Å². The smallest absolute Gasteiger partial charge is 0.334 e. The van der Waals surface area contributed by atoms with Crippen LogP contribution in [0.25, 0.3) is 5.82 Å². The fourth-order valence-corrected chi connectivity index (χ4v) is 3.20. The lowest BCUT2D eigenvalue weighted by atomic mass is 10.1. The van der Waals surface area contributed by atoms with Crippen LogP contribution in [0.4, 0.5) is 4.79 Å². The summed E-state index contributed by atoms with van der Waals surface area (Å²) < 4.78 is 6.84. The van der Waals surface area contributed by atoms with Crippen molar-refractivity contribution >= 4 is 23.6 Å². The van der Waals surface area contributed by atoms with Crippen LogP contribution in [0.2, 0.25) is 0 Å². The quantitative estimate of drug-likeness (QED) is 0.435. The van der Waals surface area contributed by atoms with E-state index in [1.165, 1.54) is 0 Å². The summed E-state index contributed by atoms with van der Waals surface area (Å²) in [6, 6.07) is 2.66. The van der Waals surface area contributed by atoms with E-state index in [9.17, 15) is 19.2 Å². The Kier molecular flexibility index (Phi) is 4.69. The van der Waals surface area contributed by atoms with Gasteiger partial charge in [-0.05, 0) is 33.3 Å². The van der Waals surface area contributed by atoms with E-state index in [2.05, 4.69) is 5.16 Å². The summed E-state index contributed by atoms with van der Waals surface area (Å²) in [5.74, 6) is -1.12. The Morgan fingerprint density at radius 3 is 2.33 bits per heavy atom. The van der Waals surface area contributed by atoms with Crippen LogP contribution in [0.5, 0.6) is 0 Å². The highest BCUT2D eigenvalue weighted by atomic mass is 16.5. The van der Waals surface area contributed by atoms with E-state index in [1.807, 2.05) is 6.92 Å². The van der Waals surface area contributed by atoms with Crippen LogP contribution in [0, 0.1) is 20.8 Å². The average Bonchev–Trinajstić information content (AvgIpc) is 3.22. The van der Waals surface area contributed by atoms with Crippen molar-refractivity contribution in [1.29, 1.82) is 0 Å². The van der Waals surface area contributed by atoms with Crippen LogP contribution in [0.1, 0.15) is 40.9 Å². The number of carbonyl (C=O) groups is 4. The van der Waals surface area contributed by atoms with Crippen LogP contribution < -0.4 is 0 Å². The first-order valence-corrected chi connectivity index (χ1v) is 8.59. The van der Waals surface area contributed by atoms with Crippen molar-refractivity contribution in [3.63, 3.8) is 0 Å². The lowest BCUT2D eigenvalue weighted by Crippen LogP contribution is -2.37. The molecular formula is C18H20N4O5. The van der Waals surface area contributed by atoms with Gasteiger partial charge in [-0.25, -0.2) is 9.69 Å². The fraction of sp³-hybridized carbons (Fsp3) is 0.389. The Bertz CT molecular complexity index is 955. The third kappa shape index (κ3) is 3.05. The minimum absolute atomic E-state index is 0.147. The van der Waals surface area contributed by atoms with Crippen LogP contribution in [-0.2, 0) is 9.59 Å². The monoisotopic (exact) mass is 372 g/mol. The molecule has 0 N–H and O–H groups in total. The number of imide groups is 2. The Morgan fingerprint density at radius 2 is 1.74 bits per heavy atom. The van der Waals surface area contributed by atoms with Gasteiger partial charge in [-0.3, -0.25) is 23.9 Å². The molecule has 0 aliphatic carbocycles. The third-order valence-corrected chi connectivity index (χ3v) is 4.46. The maximum atomic E-state index is 12.8. The van der Waals surface area contributed by atoms with Gasteiger partial charge in [0.05, 0.1) is 6.54 Å². The average molecular weight is 372 g/mol. The number of nitrogens with zero attached hydrogens (tertiary/aromatic N) is 4. The van der Waals surface area contributed by atoms with E-state index in [4.69, 9.17) is 4.52 Å². The number of amides is 4. The first kappa shape index (κ1) is 18.6. The second-order valence-electron chi connectivity index (χ2n) is 6.47. The minimum atomic E-state index is -0.970. The second kappa shape index (κ2) is 6.82. The van der Waals surface area contributed by atoms with Gasteiger partial charge in [-0.15, -0.1) is 0 Å². The van der Waals surface area contributed by atoms with Gasteiger partial charge in [-0.2, -0.15) is 0 Å². The zero-order valence-corrected chi connectivity index (χ0v) is 15.6. The molecule has 1 fully saturated rings. The van der Waals surface area contributed by atoms with Gasteiger partial charge in [0.25, 0.3) is 0 Å².